The van der Waals surface area contributed by atoms with Crippen molar-refractivity contribution in [3.63, 3.8) is 0 Å². The summed E-state index contributed by atoms with van der Waals surface area (Å²) in [5.41, 5.74) is -0.944. The number of hydrogen-bond acceptors (Lipinski definition) is 6. The van der Waals surface area contributed by atoms with Crippen molar-refractivity contribution in [1.29, 1.82) is 0 Å². The molecular formula is C23H22ClF3N6O3. The van der Waals surface area contributed by atoms with Gasteiger partial charge in [0.2, 0.25) is 0 Å². The molecule has 36 heavy (non-hydrogen) atoms. The van der Waals surface area contributed by atoms with Crippen LogP contribution in [0.2, 0.25) is 5.02 Å². The van der Waals surface area contributed by atoms with E-state index >= 15 is 0 Å². The number of β-amino-alcohol motifs (C(OH)–C–C–N with tert-alkyl or cyclic N) is 1. The summed E-state index contributed by atoms with van der Waals surface area (Å²) in [6.07, 6.45) is -3.28. The number of alkyl halides is 3. The molecule has 1 saturated heterocycles. The molecule has 2 aromatic heterocycles. The van der Waals surface area contributed by atoms with Gasteiger partial charge in [0.05, 0.1) is 23.3 Å². The second kappa shape index (κ2) is 9.86. The Balaban J connectivity index is 1.54. The Hall–Kier alpha value is -3.51. The fraction of sp³-hybridized carbons (Fsp3) is 0.348. The first kappa shape index (κ1) is 25.6. The number of nitrogens with one attached hydrogen (secondary N) is 1. The first-order valence-electron chi connectivity index (χ1n) is 11.0. The summed E-state index contributed by atoms with van der Waals surface area (Å²) in [6, 6.07) is 4.99. The van der Waals surface area contributed by atoms with Gasteiger partial charge in [-0.05, 0) is 50.6 Å². The number of benzene rings is 1. The number of pyridine rings is 1. The first-order chi connectivity index (χ1) is 16.9. The number of aromatic nitrogens is 4. The van der Waals surface area contributed by atoms with Crippen LogP contribution in [0, 0.1) is 6.92 Å². The molecular weight excluding hydrogens is 501 g/mol. The van der Waals surface area contributed by atoms with E-state index in [2.05, 4.69) is 20.4 Å². The van der Waals surface area contributed by atoms with Crippen molar-refractivity contribution in [2.24, 2.45) is 0 Å². The van der Waals surface area contributed by atoms with E-state index in [1.54, 1.807) is 30.9 Å². The molecule has 0 spiro atoms. The molecule has 1 aromatic carbocycles. The Labute approximate surface area is 208 Å². The summed E-state index contributed by atoms with van der Waals surface area (Å²) in [5, 5.41) is 16.3. The molecule has 3 heterocycles. The zero-order chi connectivity index (χ0) is 26.2. The molecule has 4 rings (SSSR count). The number of nitrogens with zero attached hydrogens (tertiary/aromatic N) is 5. The van der Waals surface area contributed by atoms with Gasteiger partial charge in [-0.2, -0.15) is 17.9 Å². The molecule has 0 radical (unpaired) electrons. The molecule has 13 heteroatoms. The van der Waals surface area contributed by atoms with Crippen LogP contribution in [0.15, 0.2) is 36.5 Å². The van der Waals surface area contributed by atoms with Crippen molar-refractivity contribution < 1.29 is 27.9 Å². The van der Waals surface area contributed by atoms with Crippen molar-refractivity contribution >= 4 is 23.4 Å². The zero-order valence-electron chi connectivity index (χ0n) is 19.3. The number of aryl methyl sites for hydroxylation is 1. The third-order valence-corrected chi connectivity index (χ3v) is 5.84. The highest BCUT2D eigenvalue weighted by Crippen LogP contribution is 2.32. The largest absolute Gasteiger partial charge is 0.416 e. The van der Waals surface area contributed by atoms with E-state index in [9.17, 15) is 27.9 Å². The van der Waals surface area contributed by atoms with Gasteiger partial charge in [0.25, 0.3) is 11.8 Å². The lowest BCUT2D eigenvalue weighted by atomic mass is 10.1. The summed E-state index contributed by atoms with van der Waals surface area (Å²) in [7, 11) is 0. The zero-order valence-corrected chi connectivity index (χ0v) is 20.0. The summed E-state index contributed by atoms with van der Waals surface area (Å²) < 4.78 is 40.7. The predicted molar refractivity (Wildman–Crippen MR) is 123 cm³/mol. The van der Waals surface area contributed by atoms with Crippen LogP contribution < -0.4 is 5.32 Å². The third kappa shape index (κ3) is 5.49. The minimum atomic E-state index is -4.66. The second-order valence-corrected chi connectivity index (χ2v) is 8.89. The Morgan fingerprint density at radius 1 is 1.22 bits per heavy atom. The number of rotatable bonds is 5. The highest BCUT2D eigenvalue weighted by molar-refractivity contribution is 6.31. The minimum Gasteiger partial charge on any atom is -0.391 e. The quantitative estimate of drug-likeness (QED) is 0.531. The molecule has 3 aromatic rings. The van der Waals surface area contributed by atoms with E-state index in [0.29, 0.717) is 30.2 Å². The molecule has 190 valence electrons. The Morgan fingerprint density at radius 2 is 1.97 bits per heavy atom. The number of carbonyl (C=O) groups is 2. The van der Waals surface area contributed by atoms with Crippen molar-refractivity contribution in [2.45, 2.75) is 38.6 Å². The van der Waals surface area contributed by atoms with Gasteiger partial charge in [-0.3, -0.25) is 9.59 Å². The maximum absolute atomic E-state index is 13.1. The van der Waals surface area contributed by atoms with Crippen LogP contribution in [-0.2, 0) is 6.18 Å². The molecule has 1 aliphatic heterocycles. The molecule has 2 atom stereocenters. The number of aliphatic hydroxyl groups is 1. The lowest BCUT2D eigenvalue weighted by molar-refractivity contribution is -0.137. The number of aliphatic hydroxyl groups excluding tert-OH is 1. The SMILES string of the molecule is Cc1nc([C@H](C)NC(=O)c2cc(Cl)cc(C(F)(F)F)c2)n(-c2ccc(C(=O)N3CC[C@H](O)C3)cn2)n1. The van der Waals surface area contributed by atoms with Gasteiger partial charge in [-0.1, -0.05) is 11.6 Å². The van der Waals surface area contributed by atoms with Gasteiger partial charge in [0, 0.05) is 29.9 Å². The summed E-state index contributed by atoms with van der Waals surface area (Å²) >= 11 is 5.79. The van der Waals surface area contributed by atoms with E-state index in [4.69, 9.17) is 11.6 Å². The van der Waals surface area contributed by atoms with Crippen molar-refractivity contribution in [3.05, 3.63) is 69.9 Å². The number of halogens is 4. The third-order valence-electron chi connectivity index (χ3n) is 5.62. The van der Waals surface area contributed by atoms with Crippen LogP contribution in [0.25, 0.3) is 5.82 Å². The van der Waals surface area contributed by atoms with Crippen LogP contribution in [0.1, 0.15) is 57.3 Å². The molecule has 0 aliphatic carbocycles. The summed E-state index contributed by atoms with van der Waals surface area (Å²) in [4.78, 5) is 35.5. The molecule has 1 fully saturated rings. The van der Waals surface area contributed by atoms with Crippen LogP contribution in [-0.4, -0.2) is 60.8 Å². The molecule has 0 unspecified atom stereocenters. The smallest absolute Gasteiger partial charge is 0.391 e. The fourth-order valence-corrected chi connectivity index (χ4v) is 4.09. The topological polar surface area (TPSA) is 113 Å². The lowest BCUT2D eigenvalue weighted by Crippen LogP contribution is -2.30. The van der Waals surface area contributed by atoms with Gasteiger partial charge in [0.1, 0.15) is 5.82 Å². The fourth-order valence-electron chi connectivity index (χ4n) is 3.86. The second-order valence-electron chi connectivity index (χ2n) is 8.45. The van der Waals surface area contributed by atoms with E-state index in [1.165, 1.54) is 10.9 Å². The average molecular weight is 523 g/mol. The Bertz CT molecular complexity index is 1300. The van der Waals surface area contributed by atoms with Gasteiger partial charge >= 0.3 is 6.18 Å². The molecule has 0 saturated carbocycles. The number of carbonyl (C=O) groups excluding carboxylic acids is 2. The Kier molecular flexibility index (Phi) is 7.01. The maximum Gasteiger partial charge on any atom is 0.416 e. The number of amides is 2. The minimum absolute atomic E-state index is 0.219. The van der Waals surface area contributed by atoms with Crippen LogP contribution in [0.3, 0.4) is 0 Å². The number of likely N-dealkylation sites (tertiary alicyclic amines) is 1. The standard InChI is InChI=1S/C23H22ClF3N6O3/c1-12(29-21(35)15-7-16(23(25,26)27)9-17(24)8-15)20-30-13(2)31-33(20)19-4-3-14(10-28-19)22(36)32-6-5-18(34)11-32/h3-4,7-10,12,18,34H,5-6,11H2,1-2H3,(H,29,35)/t12-,18-/m0/s1. The lowest BCUT2D eigenvalue weighted by Gasteiger charge is -2.16. The monoisotopic (exact) mass is 522 g/mol. The van der Waals surface area contributed by atoms with Gasteiger partial charge in [-0.25, -0.2) is 9.97 Å². The van der Waals surface area contributed by atoms with Gasteiger partial charge < -0.3 is 15.3 Å². The maximum atomic E-state index is 13.1. The van der Waals surface area contributed by atoms with Crippen LogP contribution in [0.5, 0.6) is 0 Å². The van der Waals surface area contributed by atoms with Crippen molar-refractivity contribution in [2.75, 3.05) is 13.1 Å². The van der Waals surface area contributed by atoms with Crippen molar-refractivity contribution in [3.8, 4) is 5.82 Å². The van der Waals surface area contributed by atoms with Gasteiger partial charge in [-0.15, -0.1) is 5.10 Å². The normalized spacial score (nSPS) is 16.8. The van der Waals surface area contributed by atoms with Gasteiger partial charge in [0.15, 0.2) is 11.6 Å². The average Bonchev–Trinajstić information content (AvgIpc) is 3.43. The molecule has 2 N–H and O–H groups in total. The van der Waals surface area contributed by atoms with Crippen LogP contribution >= 0.6 is 11.6 Å². The van der Waals surface area contributed by atoms with Crippen molar-refractivity contribution in [1.82, 2.24) is 30.0 Å². The molecule has 0 bridgehead atoms. The van der Waals surface area contributed by atoms with E-state index in [0.717, 1.165) is 18.2 Å². The van der Waals surface area contributed by atoms with Crippen LogP contribution in [0.4, 0.5) is 13.2 Å². The Morgan fingerprint density at radius 3 is 2.58 bits per heavy atom. The molecule has 2 amide bonds. The predicted octanol–water partition coefficient (Wildman–Crippen LogP) is 3.34. The summed E-state index contributed by atoms with van der Waals surface area (Å²) in [6.45, 7) is 3.96. The molecule has 1 aliphatic rings. The summed E-state index contributed by atoms with van der Waals surface area (Å²) in [5.74, 6) is -0.0356. The van der Waals surface area contributed by atoms with E-state index in [-0.39, 0.29) is 28.9 Å². The highest BCUT2D eigenvalue weighted by Gasteiger charge is 2.32. The number of hydrogen-bond donors (Lipinski definition) is 2. The first-order valence-corrected chi connectivity index (χ1v) is 11.4. The van der Waals surface area contributed by atoms with E-state index in [1.807, 2.05) is 0 Å². The molecule has 9 nitrogen and oxygen atoms in total. The van der Waals surface area contributed by atoms with E-state index < -0.39 is 29.8 Å². The highest BCUT2D eigenvalue weighted by atomic mass is 35.5.